The van der Waals surface area contributed by atoms with Crippen LogP contribution in [0.2, 0.25) is 0 Å². The van der Waals surface area contributed by atoms with Gasteiger partial charge in [0, 0.05) is 26.0 Å². The first kappa shape index (κ1) is 12.7. The fraction of sp³-hybridized carbons (Fsp3) is 0.600. The van der Waals surface area contributed by atoms with E-state index in [1.165, 1.54) is 10.8 Å². The van der Waals surface area contributed by atoms with Crippen LogP contribution in [0.5, 0.6) is 0 Å². The van der Waals surface area contributed by atoms with Gasteiger partial charge in [-0.2, -0.15) is 0 Å². The van der Waals surface area contributed by atoms with Gasteiger partial charge in [-0.25, -0.2) is 4.79 Å². The van der Waals surface area contributed by atoms with E-state index in [1.807, 2.05) is 0 Å². The molecule has 0 unspecified atom stereocenters. The Morgan fingerprint density at radius 2 is 2.12 bits per heavy atom. The quantitative estimate of drug-likeness (QED) is 0.737. The Balaban J connectivity index is 2.92. The summed E-state index contributed by atoms with van der Waals surface area (Å²) >= 11 is 0. The third kappa shape index (κ3) is 3.04. The molecule has 0 fully saturated rings. The monoisotopic (exact) mass is 228 g/mol. The Labute approximate surface area is 92.8 Å². The van der Waals surface area contributed by atoms with Crippen LogP contribution in [0.15, 0.2) is 15.8 Å². The Hall–Kier alpha value is -1.40. The molecule has 1 aromatic heterocycles. The highest BCUT2D eigenvalue weighted by Crippen LogP contribution is 1.95. The van der Waals surface area contributed by atoms with E-state index in [1.54, 1.807) is 21.1 Å². The third-order valence-electron chi connectivity index (χ3n) is 2.28. The average Bonchev–Trinajstić information content (AvgIpc) is 2.25. The predicted octanol–water partition coefficient (Wildman–Crippen LogP) is -0.494. The number of rotatable bonds is 5. The molecule has 0 saturated carbocycles. The van der Waals surface area contributed by atoms with Crippen molar-refractivity contribution >= 4 is 0 Å². The molecule has 0 amide bonds. The number of nitrogens with one attached hydrogen (secondary N) is 1. The van der Waals surface area contributed by atoms with E-state index in [0.717, 1.165) is 0 Å². The highest BCUT2D eigenvalue weighted by Gasteiger charge is 2.09. The van der Waals surface area contributed by atoms with Crippen LogP contribution in [-0.4, -0.2) is 36.5 Å². The Bertz CT molecular complexity index is 449. The molecule has 0 saturated heterocycles. The van der Waals surface area contributed by atoms with Crippen LogP contribution in [0.3, 0.4) is 0 Å². The number of aromatic nitrogens is 2. The molecule has 6 nitrogen and oxygen atoms in total. The second-order valence-corrected chi connectivity index (χ2v) is 3.54. The molecule has 90 valence electrons. The SMILES string of the molecule is COC[C@H](Cn1cc(C)c(=O)[nH]c1=O)OC. The fourth-order valence-corrected chi connectivity index (χ4v) is 1.35. The normalized spacial score (nSPS) is 12.7. The molecule has 0 radical (unpaired) electrons. The minimum absolute atomic E-state index is 0.215. The molecule has 0 aliphatic heterocycles. The summed E-state index contributed by atoms with van der Waals surface area (Å²) in [5.74, 6) is 0. The van der Waals surface area contributed by atoms with E-state index in [-0.39, 0.29) is 11.7 Å². The number of methoxy groups -OCH3 is 2. The van der Waals surface area contributed by atoms with Gasteiger partial charge in [0.05, 0.1) is 19.3 Å². The van der Waals surface area contributed by atoms with Gasteiger partial charge in [0.25, 0.3) is 5.56 Å². The smallest absolute Gasteiger partial charge is 0.328 e. The van der Waals surface area contributed by atoms with Gasteiger partial charge in [-0.1, -0.05) is 0 Å². The Morgan fingerprint density at radius 1 is 1.44 bits per heavy atom. The minimum atomic E-state index is -0.436. The largest absolute Gasteiger partial charge is 0.382 e. The van der Waals surface area contributed by atoms with Gasteiger partial charge in [0.2, 0.25) is 0 Å². The zero-order valence-electron chi connectivity index (χ0n) is 9.65. The van der Waals surface area contributed by atoms with Crippen LogP contribution in [0.1, 0.15) is 5.56 Å². The van der Waals surface area contributed by atoms with Crippen molar-refractivity contribution in [2.24, 2.45) is 0 Å². The summed E-state index contributed by atoms with van der Waals surface area (Å²) in [5, 5.41) is 0. The summed E-state index contributed by atoms with van der Waals surface area (Å²) < 4.78 is 11.5. The van der Waals surface area contributed by atoms with Gasteiger partial charge >= 0.3 is 5.69 Å². The molecular weight excluding hydrogens is 212 g/mol. The summed E-state index contributed by atoms with van der Waals surface area (Å²) in [6, 6.07) is 0. The minimum Gasteiger partial charge on any atom is -0.382 e. The van der Waals surface area contributed by atoms with Crippen molar-refractivity contribution in [1.29, 1.82) is 0 Å². The van der Waals surface area contributed by atoms with Crippen LogP contribution >= 0.6 is 0 Å². The molecule has 1 N–H and O–H groups in total. The maximum atomic E-state index is 11.5. The number of aryl methyl sites for hydroxylation is 1. The maximum absolute atomic E-state index is 11.5. The number of hydrogen-bond donors (Lipinski definition) is 1. The van der Waals surface area contributed by atoms with Crippen molar-refractivity contribution in [2.45, 2.75) is 19.6 Å². The molecule has 0 aromatic carbocycles. The summed E-state index contributed by atoms with van der Waals surface area (Å²) in [5.41, 5.74) is -0.303. The molecule has 0 aliphatic carbocycles. The number of ether oxygens (including phenoxy) is 2. The van der Waals surface area contributed by atoms with Crippen LogP contribution in [0.25, 0.3) is 0 Å². The number of H-pyrrole nitrogens is 1. The summed E-state index contributed by atoms with van der Waals surface area (Å²) in [7, 11) is 3.11. The summed E-state index contributed by atoms with van der Waals surface area (Å²) in [4.78, 5) is 24.8. The lowest BCUT2D eigenvalue weighted by molar-refractivity contribution is 0.0175. The molecule has 0 bridgehead atoms. The Kier molecular flexibility index (Phi) is 4.45. The Morgan fingerprint density at radius 3 is 2.69 bits per heavy atom. The van der Waals surface area contributed by atoms with Crippen LogP contribution in [-0.2, 0) is 16.0 Å². The van der Waals surface area contributed by atoms with Gasteiger partial charge in [0.1, 0.15) is 0 Å². The zero-order valence-corrected chi connectivity index (χ0v) is 9.65. The first-order valence-electron chi connectivity index (χ1n) is 4.90. The third-order valence-corrected chi connectivity index (χ3v) is 2.28. The predicted molar refractivity (Wildman–Crippen MR) is 58.7 cm³/mol. The average molecular weight is 228 g/mol. The molecule has 1 heterocycles. The molecular formula is C10H16N2O4. The van der Waals surface area contributed by atoms with Crippen molar-refractivity contribution in [3.63, 3.8) is 0 Å². The van der Waals surface area contributed by atoms with E-state index in [4.69, 9.17) is 9.47 Å². The molecule has 1 aromatic rings. The lowest BCUT2D eigenvalue weighted by Crippen LogP contribution is -2.35. The first-order valence-corrected chi connectivity index (χ1v) is 4.90. The van der Waals surface area contributed by atoms with E-state index < -0.39 is 5.69 Å². The van der Waals surface area contributed by atoms with Crippen molar-refractivity contribution in [2.75, 3.05) is 20.8 Å². The maximum Gasteiger partial charge on any atom is 0.328 e. The van der Waals surface area contributed by atoms with Gasteiger partial charge in [-0.15, -0.1) is 0 Å². The van der Waals surface area contributed by atoms with Gasteiger partial charge in [0.15, 0.2) is 0 Å². The van der Waals surface area contributed by atoms with Crippen molar-refractivity contribution < 1.29 is 9.47 Å². The van der Waals surface area contributed by atoms with E-state index in [9.17, 15) is 9.59 Å². The summed E-state index contributed by atoms with van der Waals surface area (Å²) in [6.45, 7) is 2.38. The summed E-state index contributed by atoms with van der Waals surface area (Å²) in [6.07, 6.45) is 1.30. The van der Waals surface area contributed by atoms with Crippen molar-refractivity contribution in [3.05, 3.63) is 32.6 Å². The number of nitrogens with zero attached hydrogens (tertiary/aromatic N) is 1. The van der Waals surface area contributed by atoms with Crippen LogP contribution in [0.4, 0.5) is 0 Å². The van der Waals surface area contributed by atoms with E-state index >= 15 is 0 Å². The van der Waals surface area contributed by atoms with Gasteiger partial charge < -0.3 is 9.47 Å². The molecule has 0 spiro atoms. The number of hydrogen-bond acceptors (Lipinski definition) is 4. The lowest BCUT2D eigenvalue weighted by atomic mass is 10.3. The zero-order chi connectivity index (χ0) is 12.1. The molecule has 16 heavy (non-hydrogen) atoms. The van der Waals surface area contributed by atoms with Gasteiger partial charge in [-0.3, -0.25) is 14.3 Å². The van der Waals surface area contributed by atoms with E-state index in [2.05, 4.69) is 4.98 Å². The molecule has 0 aliphatic rings. The van der Waals surface area contributed by atoms with E-state index in [0.29, 0.717) is 18.7 Å². The standard InChI is InChI=1S/C10H16N2O4/c1-7-4-12(10(14)11-9(7)13)5-8(16-3)6-15-2/h4,8H,5-6H2,1-3H3,(H,11,13,14)/t8-/m0/s1. The second kappa shape index (κ2) is 5.62. The topological polar surface area (TPSA) is 73.3 Å². The second-order valence-electron chi connectivity index (χ2n) is 3.54. The van der Waals surface area contributed by atoms with Crippen molar-refractivity contribution in [1.82, 2.24) is 9.55 Å². The number of aromatic amines is 1. The van der Waals surface area contributed by atoms with Crippen molar-refractivity contribution in [3.8, 4) is 0 Å². The highest BCUT2D eigenvalue weighted by atomic mass is 16.5. The molecule has 1 rings (SSSR count). The van der Waals surface area contributed by atoms with Gasteiger partial charge in [-0.05, 0) is 6.92 Å². The molecule has 6 heteroatoms. The van der Waals surface area contributed by atoms with Crippen LogP contribution < -0.4 is 11.2 Å². The molecule has 1 atom stereocenters. The fourth-order valence-electron chi connectivity index (χ4n) is 1.35. The lowest BCUT2D eigenvalue weighted by Gasteiger charge is -2.15. The highest BCUT2D eigenvalue weighted by molar-refractivity contribution is 5.00. The van der Waals surface area contributed by atoms with Crippen LogP contribution in [0, 0.1) is 6.92 Å². The first-order chi connectivity index (χ1) is 7.58.